The Bertz CT molecular complexity index is 1270. The fourth-order valence-electron chi connectivity index (χ4n) is 3.20. The lowest BCUT2D eigenvalue weighted by Crippen LogP contribution is -2.19. The fraction of sp³-hybridized carbons (Fsp3) is 0.286. The Hall–Kier alpha value is -3.12. The van der Waals surface area contributed by atoms with E-state index in [4.69, 9.17) is 18.9 Å². The van der Waals surface area contributed by atoms with Gasteiger partial charge in [-0.25, -0.2) is 23.4 Å². The Balaban J connectivity index is 1.40. The summed E-state index contributed by atoms with van der Waals surface area (Å²) in [6.45, 7) is 0.486. The van der Waals surface area contributed by atoms with Gasteiger partial charge in [-0.15, -0.1) is 0 Å². The molecule has 12 heteroatoms. The van der Waals surface area contributed by atoms with Crippen molar-refractivity contribution in [3.63, 3.8) is 0 Å². The Kier molecular flexibility index (Phi) is 5.94. The summed E-state index contributed by atoms with van der Waals surface area (Å²) >= 11 is 3.32. The number of ether oxygens (including phenoxy) is 4. The Morgan fingerprint density at radius 1 is 1.03 bits per heavy atom. The average Bonchev–Trinajstić information content (AvgIpc) is 3.57. The highest BCUT2D eigenvalue weighted by atomic mass is 79.9. The first kappa shape index (κ1) is 21.7. The number of sulfonamides is 1. The van der Waals surface area contributed by atoms with Gasteiger partial charge in [-0.05, 0) is 52.5 Å². The van der Waals surface area contributed by atoms with Crippen LogP contribution in [-0.4, -0.2) is 48.6 Å². The smallest absolute Gasteiger partial charge is 0.236 e. The van der Waals surface area contributed by atoms with Gasteiger partial charge in [-0.1, -0.05) is 6.07 Å². The summed E-state index contributed by atoms with van der Waals surface area (Å²) < 4.78 is 51.0. The van der Waals surface area contributed by atoms with E-state index in [0.717, 1.165) is 4.47 Å². The van der Waals surface area contributed by atoms with Crippen molar-refractivity contribution in [2.75, 3.05) is 24.7 Å². The third-order valence-corrected chi connectivity index (χ3v) is 7.24. The molecule has 1 saturated carbocycles. The van der Waals surface area contributed by atoms with Crippen molar-refractivity contribution in [2.24, 2.45) is 0 Å². The largest absolute Gasteiger partial charge is 0.474 e. The first-order chi connectivity index (χ1) is 16.0. The summed E-state index contributed by atoms with van der Waals surface area (Å²) in [5, 5.41) is -0.409. The molecule has 0 unspecified atom stereocenters. The maximum Gasteiger partial charge on any atom is 0.236 e. The van der Waals surface area contributed by atoms with Crippen molar-refractivity contribution < 1.29 is 27.4 Å². The molecule has 0 amide bonds. The van der Waals surface area contributed by atoms with Gasteiger partial charge in [0, 0.05) is 16.7 Å². The zero-order chi connectivity index (χ0) is 22.8. The highest BCUT2D eigenvalue weighted by Gasteiger charge is 2.37. The SMILES string of the molecule is O=S(=O)(Nc1ncnc(OCCOc2ccc(Br)cn2)c1-c1ccc2c(c1)OCO2)C1CC1. The standard InChI is InChI=1S/C21H19BrN4O6S/c22-14-2-6-18(23-10-14)29-7-8-30-21-19(13-1-5-16-17(9-13)32-12-31-16)20(24-11-25-21)26-33(27,28)15-3-4-15/h1-2,5-6,9-11,15H,3-4,7-8,12H2,(H,24,25,26). The maximum absolute atomic E-state index is 12.6. The average molecular weight is 535 g/mol. The van der Waals surface area contributed by atoms with Gasteiger partial charge in [0.05, 0.1) is 10.8 Å². The molecule has 0 saturated heterocycles. The van der Waals surface area contributed by atoms with Crippen LogP contribution in [0.5, 0.6) is 23.3 Å². The molecular formula is C21H19BrN4O6S. The molecule has 1 aliphatic heterocycles. The van der Waals surface area contributed by atoms with E-state index in [1.54, 1.807) is 30.5 Å². The van der Waals surface area contributed by atoms with Crippen molar-refractivity contribution in [1.82, 2.24) is 15.0 Å². The van der Waals surface area contributed by atoms with E-state index in [1.165, 1.54) is 6.33 Å². The molecule has 0 bridgehead atoms. The second-order valence-corrected chi connectivity index (χ2v) is 10.2. The molecule has 10 nitrogen and oxygen atoms in total. The van der Waals surface area contributed by atoms with Crippen molar-refractivity contribution in [3.8, 4) is 34.4 Å². The van der Waals surface area contributed by atoms with Crippen LogP contribution in [0.4, 0.5) is 5.82 Å². The third-order valence-electron chi connectivity index (χ3n) is 4.95. The normalized spacial score (nSPS) is 14.7. The number of halogens is 1. The third kappa shape index (κ3) is 4.96. The minimum atomic E-state index is -3.55. The quantitative estimate of drug-likeness (QED) is 0.411. The molecular weight excluding hydrogens is 516 g/mol. The fourth-order valence-corrected chi connectivity index (χ4v) is 4.78. The lowest BCUT2D eigenvalue weighted by Gasteiger charge is -2.15. The monoisotopic (exact) mass is 534 g/mol. The predicted octanol–water partition coefficient (Wildman–Crippen LogP) is 3.39. The van der Waals surface area contributed by atoms with Gasteiger partial charge in [-0.2, -0.15) is 0 Å². The number of benzene rings is 1. The lowest BCUT2D eigenvalue weighted by atomic mass is 10.1. The molecule has 0 spiro atoms. The predicted molar refractivity (Wildman–Crippen MR) is 122 cm³/mol. The molecule has 0 radical (unpaired) electrons. The van der Waals surface area contributed by atoms with Gasteiger partial charge in [0.1, 0.15) is 19.5 Å². The zero-order valence-electron chi connectivity index (χ0n) is 17.2. The molecule has 1 N–H and O–H groups in total. The molecule has 5 rings (SSSR count). The second-order valence-electron chi connectivity index (χ2n) is 7.33. The molecule has 33 heavy (non-hydrogen) atoms. The van der Waals surface area contributed by atoms with E-state index in [-0.39, 0.29) is 31.7 Å². The highest BCUT2D eigenvalue weighted by Crippen LogP contribution is 2.41. The summed E-state index contributed by atoms with van der Waals surface area (Å²) in [5.41, 5.74) is 1.03. The van der Waals surface area contributed by atoms with Crippen molar-refractivity contribution in [2.45, 2.75) is 18.1 Å². The number of rotatable bonds is 9. The molecule has 1 fully saturated rings. The second kappa shape index (κ2) is 9.02. The van der Waals surface area contributed by atoms with Crippen LogP contribution < -0.4 is 23.7 Å². The van der Waals surface area contributed by atoms with Gasteiger partial charge in [0.25, 0.3) is 0 Å². The summed E-state index contributed by atoms with van der Waals surface area (Å²) in [4.78, 5) is 12.6. The van der Waals surface area contributed by atoms with Gasteiger partial charge >= 0.3 is 0 Å². The topological polar surface area (TPSA) is 122 Å². The Morgan fingerprint density at radius 3 is 2.64 bits per heavy atom. The number of hydrogen-bond donors (Lipinski definition) is 1. The molecule has 2 aliphatic rings. The molecule has 3 heterocycles. The number of fused-ring (bicyclic) bond motifs is 1. The Labute approximate surface area is 198 Å². The molecule has 172 valence electrons. The molecule has 1 aromatic carbocycles. The van der Waals surface area contributed by atoms with E-state index < -0.39 is 15.3 Å². The first-order valence-electron chi connectivity index (χ1n) is 10.1. The van der Waals surface area contributed by atoms with Crippen LogP contribution in [0.3, 0.4) is 0 Å². The van der Waals surface area contributed by atoms with Gasteiger partial charge in [0.15, 0.2) is 17.3 Å². The number of pyridine rings is 1. The van der Waals surface area contributed by atoms with Crippen molar-refractivity contribution >= 4 is 31.8 Å². The van der Waals surface area contributed by atoms with Crippen molar-refractivity contribution in [3.05, 3.63) is 47.3 Å². The first-order valence-corrected chi connectivity index (χ1v) is 12.5. The number of nitrogens with one attached hydrogen (secondary N) is 1. The van der Waals surface area contributed by atoms with Crippen LogP contribution in [0.15, 0.2) is 47.3 Å². The van der Waals surface area contributed by atoms with Crippen LogP contribution in [0.1, 0.15) is 12.8 Å². The number of hydrogen-bond acceptors (Lipinski definition) is 9. The summed E-state index contributed by atoms with van der Waals surface area (Å²) in [6, 6.07) is 8.82. The molecule has 2 aromatic heterocycles. The summed E-state index contributed by atoms with van der Waals surface area (Å²) in [6.07, 6.45) is 4.15. The highest BCUT2D eigenvalue weighted by molar-refractivity contribution is 9.10. The van der Waals surface area contributed by atoms with Crippen LogP contribution >= 0.6 is 15.9 Å². The van der Waals surface area contributed by atoms with E-state index in [1.807, 2.05) is 6.07 Å². The van der Waals surface area contributed by atoms with E-state index in [9.17, 15) is 8.42 Å². The summed E-state index contributed by atoms with van der Waals surface area (Å²) in [7, 11) is -3.55. The number of anilines is 1. The number of nitrogens with zero attached hydrogens (tertiary/aromatic N) is 3. The zero-order valence-corrected chi connectivity index (χ0v) is 19.6. The van der Waals surface area contributed by atoms with Gasteiger partial charge in [-0.3, -0.25) is 4.72 Å². The maximum atomic E-state index is 12.6. The minimum absolute atomic E-state index is 0.121. The van der Waals surface area contributed by atoms with E-state index >= 15 is 0 Å². The van der Waals surface area contributed by atoms with Crippen LogP contribution in [0.25, 0.3) is 11.1 Å². The lowest BCUT2D eigenvalue weighted by molar-refractivity contribution is 0.174. The van der Waals surface area contributed by atoms with Gasteiger partial charge < -0.3 is 18.9 Å². The molecule has 3 aromatic rings. The van der Waals surface area contributed by atoms with Crippen LogP contribution in [0.2, 0.25) is 0 Å². The van der Waals surface area contributed by atoms with Crippen molar-refractivity contribution in [1.29, 1.82) is 0 Å². The molecule has 0 atom stereocenters. The van der Waals surface area contributed by atoms with E-state index in [0.29, 0.717) is 41.3 Å². The Morgan fingerprint density at radius 2 is 1.85 bits per heavy atom. The number of aromatic nitrogens is 3. The van der Waals surface area contributed by atoms with Crippen LogP contribution in [-0.2, 0) is 10.0 Å². The van der Waals surface area contributed by atoms with Crippen LogP contribution in [0, 0.1) is 0 Å². The molecule has 1 aliphatic carbocycles. The minimum Gasteiger partial charge on any atom is -0.474 e. The van der Waals surface area contributed by atoms with Gasteiger partial charge in [0.2, 0.25) is 28.6 Å². The van der Waals surface area contributed by atoms with E-state index in [2.05, 4.69) is 35.6 Å². The summed E-state index contributed by atoms with van der Waals surface area (Å²) in [5.74, 6) is 1.96.